The lowest BCUT2D eigenvalue weighted by Gasteiger charge is -2.06. The van der Waals surface area contributed by atoms with Gasteiger partial charge in [0, 0.05) is 6.07 Å². The van der Waals surface area contributed by atoms with Crippen molar-refractivity contribution >= 4 is 0 Å². The van der Waals surface area contributed by atoms with Crippen molar-refractivity contribution in [2.24, 2.45) is 0 Å². The van der Waals surface area contributed by atoms with E-state index >= 15 is 0 Å². The molecule has 16 heavy (non-hydrogen) atoms. The second kappa shape index (κ2) is 7.17. The lowest BCUT2D eigenvalue weighted by Crippen LogP contribution is -2.18. The summed E-state index contributed by atoms with van der Waals surface area (Å²) in [5.74, 6) is -1.35. The van der Waals surface area contributed by atoms with Crippen LogP contribution in [0.1, 0.15) is 19.8 Å². The molecule has 0 atom stereocenters. The molecule has 0 aliphatic carbocycles. The molecule has 0 aliphatic heterocycles. The fourth-order valence-electron chi connectivity index (χ4n) is 1.26. The Bertz CT molecular complexity index is 318. The Kier molecular flexibility index (Phi) is 5.78. The summed E-state index contributed by atoms with van der Waals surface area (Å²) in [6, 6.07) is 3.56. The summed E-state index contributed by atoms with van der Waals surface area (Å²) >= 11 is 0. The van der Waals surface area contributed by atoms with Crippen LogP contribution in [0.5, 0.6) is 5.75 Å². The summed E-state index contributed by atoms with van der Waals surface area (Å²) in [5, 5.41) is 3.23. The van der Waals surface area contributed by atoms with Crippen LogP contribution in [-0.4, -0.2) is 19.7 Å². The number of rotatable bonds is 7. The van der Waals surface area contributed by atoms with Gasteiger partial charge in [-0.1, -0.05) is 6.92 Å². The van der Waals surface area contributed by atoms with Gasteiger partial charge >= 0.3 is 0 Å². The van der Waals surface area contributed by atoms with Crippen molar-refractivity contribution in [3.05, 3.63) is 29.8 Å². The standard InChI is InChI=1S/C12H17F2NO/c1-2-6-15-7-3-8-16-10-4-5-11(13)12(14)9-10/h4-5,9,15H,2-3,6-8H2,1H3. The summed E-state index contributed by atoms with van der Waals surface area (Å²) in [4.78, 5) is 0. The number of ether oxygens (including phenoxy) is 1. The predicted molar refractivity (Wildman–Crippen MR) is 59.6 cm³/mol. The number of halogens is 2. The molecule has 0 unspecified atom stereocenters. The highest BCUT2D eigenvalue weighted by Gasteiger charge is 2.02. The van der Waals surface area contributed by atoms with Crippen molar-refractivity contribution in [1.29, 1.82) is 0 Å². The molecule has 0 spiro atoms. The molecule has 0 saturated heterocycles. The zero-order valence-electron chi connectivity index (χ0n) is 9.43. The molecule has 2 nitrogen and oxygen atoms in total. The maximum Gasteiger partial charge on any atom is 0.162 e. The van der Waals surface area contributed by atoms with Gasteiger partial charge in [-0.2, -0.15) is 0 Å². The molecular weight excluding hydrogens is 212 g/mol. The van der Waals surface area contributed by atoms with E-state index in [4.69, 9.17) is 4.74 Å². The third-order valence-electron chi connectivity index (χ3n) is 2.08. The second-order valence-electron chi connectivity index (χ2n) is 3.53. The molecule has 0 heterocycles. The van der Waals surface area contributed by atoms with Crippen LogP contribution in [-0.2, 0) is 0 Å². The van der Waals surface area contributed by atoms with E-state index in [1.807, 2.05) is 0 Å². The molecule has 90 valence electrons. The molecule has 1 aromatic rings. The maximum atomic E-state index is 12.8. The molecule has 1 aromatic carbocycles. The van der Waals surface area contributed by atoms with Crippen molar-refractivity contribution in [3.8, 4) is 5.75 Å². The molecule has 1 rings (SSSR count). The first-order valence-corrected chi connectivity index (χ1v) is 5.52. The lowest BCUT2D eigenvalue weighted by molar-refractivity contribution is 0.305. The Hall–Kier alpha value is -1.16. The Balaban J connectivity index is 2.19. The van der Waals surface area contributed by atoms with Crippen LogP contribution in [0.3, 0.4) is 0 Å². The quantitative estimate of drug-likeness (QED) is 0.726. The number of benzene rings is 1. The molecule has 0 saturated carbocycles. The molecule has 0 bridgehead atoms. The molecule has 1 N–H and O–H groups in total. The van der Waals surface area contributed by atoms with Gasteiger partial charge in [-0.25, -0.2) is 8.78 Å². The first kappa shape index (κ1) is 12.9. The minimum absolute atomic E-state index is 0.370. The predicted octanol–water partition coefficient (Wildman–Crippen LogP) is 2.73. The molecule has 0 amide bonds. The monoisotopic (exact) mass is 229 g/mol. The van der Waals surface area contributed by atoms with Crippen molar-refractivity contribution < 1.29 is 13.5 Å². The maximum absolute atomic E-state index is 12.8. The highest BCUT2D eigenvalue weighted by atomic mass is 19.2. The van der Waals surface area contributed by atoms with E-state index < -0.39 is 11.6 Å². The lowest BCUT2D eigenvalue weighted by atomic mass is 10.3. The summed E-state index contributed by atoms with van der Waals surface area (Å²) < 4.78 is 30.6. The van der Waals surface area contributed by atoms with Gasteiger partial charge in [-0.3, -0.25) is 0 Å². The van der Waals surface area contributed by atoms with Gasteiger partial charge in [0.25, 0.3) is 0 Å². The van der Waals surface area contributed by atoms with Gasteiger partial charge < -0.3 is 10.1 Å². The largest absolute Gasteiger partial charge is 0.493 e. The van der Waals surface area contributed by atoms with Crippen molar-refractivity contribution in [2.45, 2.75) is 19.8 Å². The van der Waals surface area contributed by atoms with Gasteiger partial charge in [-0.05, 0) is 38.1 Å². The molecule has 0 aliphatic rings. The van der Waals surface area contributed by atoms with Crippen LogP contribution in [0.25, 0.3) is 0 Å². The zero-order valence-corrected chi connectivity index (χ0v) is 9.43. The average molecular weight is 229 g/mol. The third kappa shape index (κ3) is 4.57. The van der Waals surface area contributed by atoms with E-state index in [-0.39, 0.29) is 0 Å². The van der Waals surface area contributed by atoms with Crippen molar-refractivity contribution in [1.82, 2.24) is 5.32 Å². The number of hydrogen-bond donors (Lipinski definition) is 1. The number of hydrogen-bond acceptors (Lipinski definition) is 2. The van der Waals surface area contributed by atoms with E-state index in [1.165, 1.54) is 6.07 Å². The summed E-state index contributed by atoms with van der Waals surface area (Å²) in [6.45, 7) is 4.47. The van der Waals surface area contributed by atoms with Crippen LogP contribution in [0.15, 0.2) is 18.2 Å². The Morgan fingerprint density at radius 1 is 1.19 bits per heavy atom. The van der Waals surface area contributed by atoms with E-state index in [2.05, 4.69) is 12.2 Å². The van der Waals surface area contributed by atoms with E-state index in [0.29, 0.717) is 12.4 Å². The normalized spacial score (nSPS) is 10.4. The second-order valence-corrected chi connectivity index (χ2v) is 3.53. The SMILES string of the molecule is CCCNCCCOc1ccc(F)c(F)c1. The van der Waals surface area contributed by atoms with Gasteiger partial charge in [0.1, 0.15) is 5.75 Å². The minimum Gasteiger partial charge on any atom is -0.493 e. The zero-order chi connectivity index (χ0) is 11.8. The third-order valence-corrected chi connectivity index (χ3v) is 2.08. The fraction of sp³-hybridized carbons (Fsp3) is 0.500. The van der Waals surface area contributed by atoms with Crippen LogP contribution < -0.4 is 10.1 Å². The summed E-state index contributed by atoms with van der Waals surface area (Å²) in [6.07, 6.45) is 1.95. The van der Waals surface area contributed by atoms with Crippen LogP contribution in [0.2, 0.25) is 0 Å². The molecular formula is C12H17F2NO. The van der Waals surface area contributed by atoms with Gasteiger partial charge in [0.15, 0.2) is 11.6 Å². The summed E-state index contributed by atoms with van der Waals surface area (Å²) in [7, 11) is 0. The van der Waals surface area contributed by atoms with Crippen molar-refractivity contribution in [3.63, 3.8) is 0 Å². The molecule has 0 radical (unpaired) electrons. The van der Waals surface area contributed by atoms with Crippen LogP contribution >= 0.6 is 0 Å². The molecule has 0 aromatic heterocycles. The summed E-state index contributed by atoms with van der Waals surface area (Å²) in [5.41, 5.74) is 0. The molecule has 0 fully saturated rings. The minimum atomic E-state index is -0.874. The van der Waals surface area contributed by atoms with Crippen LogP contribution in [0.4, 0.5) is 8.78 Å². The highest BCUT2D eigenvalue weighted by Crippen LogP contribution is 2.15. The highest BCUT2D eigenvalue weighted by molar-refractivity contribution is 5.23. The van der Waals surface area contributed by atoms with E-state index in [0.717, 1.165) is 38.1 Å². The van der Waals surface area contributed by atoms with Gasteiger partial charge in [0.05, 0.1) is 6.61 Å². The first-order valence-electron chi connectivity index (χ1n) is 5.52. The van der Waals surface area contributed by atoms with Crippen LogP contribution in [0, 0.1) is 11.6 Å². The smallest absolute Gasteiger partial charge is 0.162 e. The van der Waals surface area contributed by atoms with E-state index in [9.17, 15) is 8.78 Å². The molecule has 4 heteroatoms. The van der Waals surface area contributed by atoms with Gasteiger partial charge in [-0.15, -0.1) is 0 Å². The average Bonchev–Trinajstić information content (AvgIpc) is 2.28. The Labute approximate surface area is 94.6 Å². The van der Waals surface area contributed by atoms with E-state index in [1.54, 1.807) is 0 Å². The Morgan fingerprint density at radius 2 is 2.00 bits per heavy atom. The Morgan fingerprint density at radius 3 is 2.69 bits per heavy atom. The van der Waals surface area contributed by atoms with Gasteiger partial charge in [0.2, 0.25) is 0 Å². The first-order chi connectivity index (χ1) is 7.74. The topological polar surface area (TPSA) is 21.3 Å². The fourth-order valence-corrected chi connectivity index (χ4v) is 1.26. The number of nitrogens with one attached hydrogen (secondary N) is 1. The van der Waals surface area contributed by atoms with Crippen molar-refractivity contribution in [2.75, 3.05) is 19.7 Å².